The molecule has 0 spiro atoms. The van der Waals surface area contributed by atoms with E-state index < -0.39 is 18.2 Å². The largest absolute Gasteiger partial charge is 0.465 e. The third kappa shape index (κ3) is 3.01. The van der Waals surface area contributed by atoms with E-state index in [-0.39, 0.29) is 5.02 Å². The van der Waals surface area contributed by atoms with Crippen LogP contribution in [0.3, 0.4) is 0 Å². The average molecular weight is 264 g/mol. The second-order valence-corrected chi connectivity index (χ2v) is 4.10. The van der Waals surface area contributed by atoms with Crippen LogP contribution in [0.15, 0.2) is 18.2 Å². The third-order valence-corrected chi connectivity index (χ3v) is 2.91. The fraction of sp³-hybridized carbons (Fsp3) is 0.300. The molecular formula is C10H11Cl2NO3. The minimum absolute atomic E-state index is 0.240. The molecule has 0 unspecified atom stereocenters. The molecular weight excluding hydrogens is 253 g/mol. The van der Waals surface area contributed by atoms with Crippen LogP contribution in [0.25, 0.3) is 0 Å². The summed E-state index contributed by atoms with van der Waals surface area (Å²) in [6.45, 7) is 1.47. The highest BCUT2D eigenvalue weighted by molar-refractivity contribution is 6.42. The molecule has 6 heteroatoms. The molecule has 0 radical (unpaired) electrons. The average Bonchev–Trinajstić information content (AvgIpc) is 2.18. The molecule has 0 aliphatic rings. The summed E-state index contributed by atoms with van der Waals surface area (Å²) in [5.41, 5.74) is 0.451. The second kappa shape index (κ2) is 5.39. The van der Waals surface area contributed by atoms with Crippen molar-refractivity contribution in [2.24, 2.45) is 0 Å². The lowest BCUT2D eigenvalue weighted by Gasteiger charge is -2.21. The van der Waals surface area contributed by atoms with Gasteiger partial charge in [-0.25, -0.2) is 4.79 Å². The molecule has 0 saturated heterocycles. The van der Waals surface area contributed by atoms with Gasteiger partial charge in [-0.1, -0.05) is 35.3 Å². The predicted octanol–water partition coefficient (Wildman–Crippen LogP) is 2.68. The Kier molecular flexibility index (Phi) is 4.41. The molecule has 0 aromatic heterocycles. The number of hydrogen-bond donors (Lipinski definition) is 3. The monoisotopic (exact) mass is 263 g/mol. The Morgan fingerprint density at radius 3 is 2.56 bits per heavy atom. The standard InChI is InChI=1S/C10H11Cl2NO3/c1-5(14)9(13-10(15)16)6-3-2-4-7(11)8(6)12/h2-5,9,13-14H,1H3,(H,15,16)/t5-,9+/m0/s1. The highest BCUT2D eigenvalue weighted by Crippen LogP contribution is 2.31. The van der Waals surface area contributed by atoms with Gasteiger partial charge in [0.25, 0.3) is 0 Å². The second-order valence-electron chi connectivity index (χ2n) is 3.31. The Morgan fingerprint density at radius 2 is 2.06 bits per heavy atom. The summed E-state index contributed by atoms with van der Waals surface area (Å²) in [5, 5.41) is 20.9. The number of aliphatic hydroxyl groups excluding tert-OH is 1. The molecule has 0 saturated carbocycles. The first-order valence-corrected chi connectivity index (χ1v) is 5.30. The molecule has 0 fully saturated rings. The van der Waals surface area contributed by atoms with Gasteiger partial charge in [0.1, 0.15) is 0 Å². The zero-order valence-corrected chi connectivity index (χ0v) is 9.96. The fourth-order valence-electron chi connectivity index (χ4n) is 1.35. The molecule has 0 aliphatic heterocycles. The smallest absolute Gasteiger partial charge is 0.405 e. The van der Waals surface area contributed by atoms with Crippen molar-refractivity contribution in [3.8, 4) is 0 Å². The number of carboxylic acid groups (broad SMARTS) is 1. The van der Waals surface area contributed by atoms with Crippen LogP contribution < -0.4 is 5.32 Å². The summed E-state index contributed by atoms with van der Waals surface area (Å²) in [6, 6.07) is 4.04. The zero-order valence-electron chi connectivity index (χ0n) is 8.45. The SMILES string of the molecule is C[C@H](O)[C@@H](NC(=O)O)c1cccc(Cl)c1Cl. The number of carbonyl (C=O) groups is 1. The van der Waals surface area contributed by atoms with Crippen molar-refractivity contribution in [3.05, 3.63) is 33.8 Å². The van der Waals surface area contributed by atoms with E-state index in [2.05, 4.69) is 5.32 Å². The van der Waals surface area contributed by atoms with Gasteiger partial charge in [0.15, 0.2) is 0 Å². The van der Waals surface area contributed by atoms with E-state index in [9.17, 15) is 9.90 Å². The van der Waals surface area contributed by atoms with Gasteiger partial charge >= 0.3 is 6.09 Å². The fourth-order valence-corrected chi connectivity index (χ4v) is 1.78. The van der Waals surface area contributed by atoms with Crippen molar-refractivity contribution < 1.29 is 15.0 Å². The summed E-state index contributed by atoms with van der Waals surface area (Å²) >= 11 is 11.7. The lowest BCUT2D eigenvalue weighted by Crippen LogP contribution is -2.34. The van der Waals surface area contributed by atoms with Crippen molar-refractivity contribution in [1.29, 1.82) is 0 Å². The number of amides is 1. The van der Waals surface area contributed by atoms with Gasteiger partial charge in [-0.2, -0.15) is 0 Å². The molecule has 4 nitrogen and oxygen atoms in total. The van der Waals surface area contributed by atoms with Gasteiger partial charge < -0.3 is 15.5 Å². The number of nitrogens with one attached hydrogen (secondary N) is 1. The van der Waals surface area contributed by atoms with Crippen molar-refractivity contribution in [1.82, 2.24) is 5.32 Å². The molecule has 16 heavy (non-hydrogen) atoms. The normalized spacial score (nSPS) is 14.2. The van der Waals surface area contributed by atoms with Crippen molar-refractivity contribution in [2.75, 3.05) is 0 Å². The van der Waals surface area contributed by atoms with Crippen molar-refractivity contribution in [2.45, 2.75) is 19.1 Å². The molecule has 0 bridgehead atoms. The van der Waals surface area contributed by atoms with E-state index in [0.717, 1.165) is 0 Å². The Balaban J connectivity index is 3.10. The minimum Gasteiger partial charge on any atom is -0.465 e. The Bertz CT molecular complexity index is 396. The van der Waals surface area contributed by atoms with Crippen molar-refractivity contribution in [3.63, 3.8) is 0 Å². The number of halogens is 2. The van der Waals surface area contributed by atoms with Crippen LogP contribution in [0.5, 0.6) is 0 Å². The van der Waals surface area contributed by atoms with Crippen LogP contribution in [-0.2, 0) is 0 Å². The Labute approximate surface area is 103 Å². The molecule has 2 atom stereocenters. The Hall–Kier alpha value is -0.970. The molecule has 0 heterocycles. The van der Waals surface area contributed by atoms with E-state index in [4.69, 9.17) is 28.3 Å². The van der Waals surface area contributed by atoms with Gasteiger partial charge in [-0.15, -0.1) is 0 Å². The number of aliphatic hydroxyl groups is 1. The number of hydrogen-bond acceptors (Lipinski definition) is 2. The van der Waals surface area contributed by atoms with Crippen LogP contribution >= 0.6 is 23.2 Å². The first-order chi connectivity index (χ1) is 7.43. The summed E-state index contributed by atoms with van der Waals surface area (Å²) < 4.78 is 0. The maximum atomic E-state index is 10.6. The topological polar surface area (TPSA) is 69.6 Å². The predicted molar refractivity (Wildman–Crippen MR) is 62.0 cm³/mol. The molecule has 3 N–H and O–H groups in total. The molecule has 1 amide bonds. The van der Waals surface area contributed by atoms with Gasteiger partial charge in [0, 0.05) is 0 Å². The molecule has 1 aromatic carbocycles. The molecule has 1 rings (SSSR count). The minimum atomic E-state index is -1.23. The van der Waals surface area contributed by atoms with Crippen LogP contribution in [0.2, 0.25) is 10.0 Å². The van der Waals surface area contributed by atoms with E-state index >= 15 is 0 Å². The van der Waals surface area contributed by atoms with E-state index in [1.54, 1.807) is 18.2 Å². The summed E-state index contributed by atoms with van der Waals surface area (Å²) in [7, 11) is 0. The van der Waals surface area contributed by atoms with Gasteiger partial charge in [-0.3, -0.25) is 0 Å². The van der Waals surface area contributed by atoms with Crippen LogP contribution in [0, 0.1) is 0 Å². The van der Waals surface area contributed by atoms with Crippen LogP contribution in [0.4, 0.5) is 4.79 Å². The maximum absolute atomic E-state index is 10.6. The molecule has 0 aliphatic carbocycles. The zero-order chi connectivity index (χ0) is 12.3. The van der Waals surface area contributed by atoms with Crippen LogP contribution in [-0.4, -0.2) is 22.4 Å². The van der Waals surface area contributed by atoms with E-state index in [1.807, 2.05) is 0 Å². The highest BCUT2D eigenvalue weighted by atomic mass is 35.5. The maximum Gasteiger partial charge on any atom is 0.405 e. The van der Waals surface area contributed by atoms with Gasteiger partial charge in [0.2, 0.25) is 0 Å². The molecule has 1 aromatic rings. The summed E-state index contributed by atoms with van der Waals surface area (Å²) in [5.74, 6) is 0. The quantitative estimate of drug-likeness (QED) is 0.786. The first kappa shape index (κ1) is 13.1. The lowest BCUT2D eigenvalue weighted by atomic mass is 10.0. The van der Waals surface area contributed by atoms with Crippen LogP contribution in [0.1, 0.15) is 18.5 Å². The third-order valence-electron chi connectivity index (χ3n) is 2.08. The highest BCUT2D eigenvalue weighted by Gasteiger charge is 2.22. The number of rotatable bonds is 3. The van der Waals surface area contributed by atoms with Crippen molar-refractivity contribution >= 4 is 29.3 Å². The number of benzene rings is 1. The van der Waals surface area contributed by atoms with Gasteiger partial charge in [-0.05, 0) is 18.6 Å². The Morgan fingerprint density at radius 1 is 1.44 bits per heavy atom. The first-order valence-electron chi connectivity index (χ1n) is 4.55. The van der Waals surface area contributed by atoms with E-state index in [0.29, 0.717) is 10.6 Å². The van der Waals surface area contributed by atoms with Gasteiger partial charge in [0.05, 0.1) is 22.2 Å². The molecule has 88 valence electrons. The van der Waals surface area contributed by atoms with E-state index in [1.165, 1.54) is 6.92 Å². The lowest BCUT2D eigenvalue weighted by molar-refractivity contribution is 0.133. The summed E-state index contributed by atoms with van der Waals surface area (Å²) in [4.78, 5) is 10.6. The summed E-state index contributed by atoms with van der Waals surface area (Å²) in [6.07, 6.45) is -2.14.